The third-order valence-electron chi connectivity index (χ3n) is 6.28. The van der Waals surface area contributed by atoms with E-state index in [4.69, 9.17) is 5.26 Å². The molecule has 194 valence electrons. The Kier molecular flexibility index (Phi) is 10.0. The molecule has 0 fully saturated rings. The molecule has 38 heavy (non-hydrogen) atoms. The van der Waals surface area contributed by atoms with E-state index in [9.17, 15) is 17.6 Å². The average Bonchev–Trinajstić information content (AvgIpc) is 2.89. The monoisotopic (exact) mass is 515 g/mol. The third-order valence-corrected chi connectivity index (χ3v) is 6.28. The first-order valence-electron chi connectivity index (χ1n) is 12.4. The number of allylic oxidation sites excluding steroid dienone is 1. The Morgan fingerprint density at radius 2 is 1.37 bits per heavy atom. The van der Waals surface area contributed by atoms with Gasteiger partial charge in [-0.15, -0.1) is 0 Å². The standard InChI is InChI=1S/C17H18F2.C16H11F2N/c1-3-5-16(13-6-4-7-14(18)10-13)17-11-15(19)9-8-12(17)2;1-11-5-6-14(18)10-16(11)15(7-8-19)12-3-2-4-13(17)9-12/h4,6-11,16H,3,5H2,1-2H3;2-7,9-10H,1H3/b;15-7-. The summed E-state index contributed by atoms with van der Waals surface area (Å²) in [5.41, 5.74) is 5.39. The first-order valence-corrected chi connectivity index (χ1v) is 12.4. The number of nitrogens with zero attached hydrogens (tertiary/aromatic N) is 1. The number of rotatable bonds is 6. The van der Waals surface area contributed by atoms with E-state index < -0.39 is 5.82 Å². The topological polar surface area (TPSA) is 23.8 Å². The third kappa shape index (κ3) is 7.43. The maximum Gasteiger partial charge on any atom is 0.123 e. The van der Waals surface area contributed by atoms with Crippen molar-refractivity contribution in [1.82, 2.24) is 0 Å². The van der Waals surface area contributed by atoms with Gasteiger partial charge in [-0.3, -0.25) is 0 Å². The van der Waals surface area contributed by atoms with Crippen LogP contribution in [0.5, 0.6) is 0 Å². The highest BCUT2D eigenvalue weighted by molar-refractivity contribution is 5.82. The van der Waals surface area contributed by atoms with Crippen LogP contribution in [0.2, 0.25) is 0 Å². The molecule has 0 aliphatic carbocycles. The van der Waals surface area contributed by atoms with E-state index in [1.807, 2.05) is 26.0 Å². The highest BCUT2D eigenvalue weighted by atomic mass is 19.1. The lowest BCUT2D eigenvalue weighted by atomic mass is 9.85. The minimum absolute atomic E-state index is 0.0522. The Balaban J connectivity index is 0.000000211. The first kappa shape index (κ1) is 28.4. The summed E-state index contributed by atoms with van der Waals surface area (Å²) in [5, 5.41) is 8.87. The van der Waals surface area contributed by atoms with E-state index in [0.29, 0.717) is 16.7 Å². The summed E-state index contributed by atoms with van der Waals surface area (Å²) in [6, 6.07) is 23.6. The van der Waals surface area contributed by atoms with Crippen molar-refractivity contribution < 1.29 is 17.6 Å². The van der Waals surface area contributed by atoms with Gasteiger partial charge < -0.3 is 0 Å². The molecule has 0 heterocycles. The predicted molar refractivity (Wildman–Crippen MR) is 145 cm³/mol. The van der Waals surface area contributed by atoms with Crippen LogP contribution < -0.4 is 0 Å². The van der Waals surface area contributed by atoms with E-state index >= 15 is 0 Å². The second-order valence-electron chi connectivity index (χ2n) is 9.05. The number of benzene rings is 4. The Morgan fingerprint density at radius 1 is 0.763 bits per heavy atom. The molecule has 1 unspecified atom stereocenters. The largest absolute Gasteiger partial charge is 0.207 e. The quantitative estimate of drug-likeness (QED) is 0.185. The van der Waals surface area contributed by atoms with Crippen molar-refractivity contribution in [3.8, 4) is 6.07 Å². The summed E-state index contributed by atoms with van der Waals surface area (Å²) in [4.78, 5) is 0. The molecule has 0 aliphatic rings. The van der Waals surface area contributed by atoms with Gasteiger partial charge in [0, 0.05) is 12.0 Å². The molecular formula is C33H29F4N. The lowest BCUT2D eigenvalue weighted by Gasteiger charge is -2.19. The van der Waals surface area contributed by atoms with Gasteiger partial charge in [-0.2, -0.15) is 5.26 Å². The number of nitriles is 1. The van der Waals surface area contributed by atoms with Gasteiger partial charge in [0.05, 0.1) is 6.07 Å². The molecule has 0 saturated heterocycles. The number of hydrogen-bond donors (Lipinski definition) is 0. The average molecular weight is 516 g/mol. The van der Waals surface area contributed by atoms with Crippen molar-refractivity contribution in [3.63, 3.8) is 0 Å². The van der Waals surface area contributed by atoms with E-state index in [1.165, 1.54) is 42.5 Å². The van der Waals surface area contributed by atoms with Gasteiger partial charge in [0.1, 0.15) is 23.3 Å². The summed E-state index contributed by atoms with van der Waals surface area (Å²) in [7, 11) is 0. The minimum atomic E-state index is -0.393. The number of halogens is 4. The molecule has 4 aromatic rings. The van der Waals surface area contributed by atoms with Gasteiger partial charge in [-0.1, -0.05) is 49.7 Å². The number of hydrogen-bond acceptors (Lipinski definition) is 1. The predicted octanol–water partition coefficient (Wildman–Crippen LogP) is 9.43. The van der Waals surface area contributed by atoms with Gasteiger partial charge in [0.2, 0.25) is 0 Å². The van der Waals surface area contributed by atoms with Crippen LogP contribution >= 0.6 is 0 Å². The number of aryl methyl sites for hydroxylation is 2. The summed E-state index contributed by atoms with van der Waals surface area (Å²) in [5.74, 6) is -1.21. The highest BCUT2D eigenvalue weighted by Gasteiger charge is 2.17. The smallest absolute Gasteiger partial charge is 0.123 e. The lowest BCUT2D eigenvalue weighted by Crippen LogP contribution is -2.04. The highest BCUT2D eigenvalue weighted by Crippen LogP contribution is 2.32. The Bertz CT molecular complexity index is 1470. The molecule has 4 aromatic carbocycles. The van der Waals surface area contributed by atoms with Gasteiger partial charge in [0.25, 0.3) is 0 Å². The van der Waals surface area contributed by atoms with Crippen LogP contribution in [0.1, 0.15) is 59.1 Å². The maximum absolute atomic E-state index is 13.5. The van der Waals surface area contributed by atoms with Crippen molar-refractivity contribution in [1.29, 1.82) is 5.26 Å². The van der Waals surface area contributed by atoms with Crippen LogP contribution in [0.25, 0.3) is 5.57 Å². The fourth-order valence-corrected chi connectivity index (χ4v) is 4.42. The zero-order valence-corrected chi connectivity index (χ0v) is 21.6. The molecule has 0 spiro atoms. The van der Waals surface area contributed by atoms with Crippen LogP contribution in [0.4, 0.5) is 17.6 Å². The molecular weight excluding hydrogens is 486 g/mol. The van der Waals surface area contributed by atoms with E-state index in [1.54, 1.807) is 42.5 Å². The second kappa shape index (κ2) is 13.4. The molecule has 1 atom stereocenters. The van der Waals surface area contributed by atoms with Gasteiger partial charge in [0.15, 0.2) is 0 Å². The van der Waals surface area contributed by atoms with Gasteiger partial charge in [-0.05, 0) is 108 Å². The van der Waals surface area contributed by atoms with Crippen LogP contribution in [-0.4, -0.2) is 0 Å². The molecule has 0 aliphatic heterocycles. The van der Waals surface area contributed by atoms with E-state index in [-0.39, 0.29) is 23.4 Å². The molecule has 4 rings (SSSR count). The van der Waals surface area contributed by atoms with Crippen LogP contribution in [0.15, 0.2) is 91.0 Å². The van der Waals surface area contributed by atoms with Crippen molar-refractivity contribution in [3.05, 3.63) is 148 Å². The molecule has 0 radical (unpaired) electrons. The zero-order chi connectivity index (χ0) is 27.7. The van der Waals surface area contributed by atoms with Crippen LogP contribution in [0, 0.1) is 48.4 Å². The molecule has 1 nitrogen and oxygen atoms in total. The molecule has 5 heteroatoms. The molecule has 0 saturated carbocycles. The second-order valence-corrected chi connectivity index (χ2v) is 9.05. The van der Waals surface area contributed by atoms with E-state index in [0.717, 1.165) is 35.1 Å². The normalized spacial score (nSPS) is 11.8. The zero-order valence-electron chi connectivity index (χ0n) is 21.6. The Hall–Kier alpha value is -4.17. The van der Waals surface area contributed by atoms with Crippen molar-refractivity contribution in [2.24, 2.45) is 0 Å². The van der Waals surface area contributed by atoms with Crippen molar-refractivity contribution in [2.45, 2.75) is 39.5 Å². The van der Waals surface area contributed by atoms with Gasteiger partial charge >= 0.3 is 0 Å². The summed E-state index contributed by atoms with van der Waals surface area (Å²) in [6.07, 6.45) is 3.15. The maximum atomic E-state index is 13.5. The summed E-state index contributed by atoms with van der Waals surface area (Å²) >= 11 is 0. The Morgan fingerprint density at radius 3 is 2.00 bits per heavy atom. The van der Waals surface area contributed by atoms with Gasteiger partial charge in [-0.25, -0.2) is 17.6 Å². The molecule has 0 N–H and O–H groups in total. The van der Waals surface area contributed by atoms with Crippen molar-refractivity contribution >= 4 is 5.57 Å². The summed E-state index contributed by atoms with van der Waals surface area (Å²) < 4.78 is 53.5. The SMILES string of the molecule is CCCC(c1cccc(F)c1)c1cc(F)ccc1C.Cc1ccc(F)cc1/C(=C\C#N)c1cccc(F)c1. The van der Waals surface area contributed by atoms with E-state index in [2.05, 4.69) is 6.92 Å². The molecule has 0 amide bonds. The Labute approximate surface area is 221 Å². The fourth-order valence-electron chi connectivity index (χ4n) is 4.42. The lowest BCUT2D eigenvalue weighted by molar-refractivity contribution is 0.610. The molecule has 0 bridgehead atoms. The van der Waals surface area contributed by atoms with Crippen molar-refractivity contribution in [2.75, 3.05) is 0 Å². The first-order chi connectivity index (χ1) is 18.2. The fraction of sp³-hybridized carbons (Fsp3) is 0.182. The van der Waals surface area contributed by atoms with Crippen LogP contribution in [0.3, 0.4) is 0 Å². The molecule has 0 aromatic heterocycles. The summed E-state index contributed by atoms with van der Waals surface area (Å²) in [6.45, 7) is 5.87. The minimum Gasteiger partial charge on any atom is -0.207 e. The van der Waals surface area contributed by atoms with Crippen LogP contribution in [-0.2, 0) is 0 Å².